The number of aromatic nitrogens is 1. The molecule has 2 aromatic rings. The van der Waals surface area contributed by atoms with Crippen molar-refractivity contribution in [2.45, 2.75) is 12.2 Å². The number of rotatable bonds is 7. The molecule has 0 unspecified atom stereocenters. The van der Waals surface area contributed by atoms with E-state index in [2.05, 4.69) is 4.98 Å². The first-order valence-electron chi connectivity index (χ1n) is 5.77. The van der Waals surface area contributed by atoms with Gasteiger partial charge in [0.25, 0.3) is 0 Å². The Balaban J connectivity index is 1.55. The zero-order chi connectivity index (χ0) is 12.6. The fourth-order valence-electron chi connectivity index (χ4n) is 1.43. The van der Waals surface area contributed by atoms with Crippen molar-refractivity contribution >= 4 is 11.8 Å². The Labute approximate surface area is 109 Å². The first-order chi connectivity index (χ1) is 8.84. The molecule has 0 radical (unpaired) electrons. The van der Waals surface area contributed by atoms with Crippen LogP contribution in [0.25, 0.3) is 0 Å². The van der Waals surface area contributed by atoms with Crippen molar-refractivity contribution < 1.29 is 9.15 Å². The fraction of sp³-hybridized carbons (Fsp3) is 0.308. The third-order valence-electron chi connectivity index (χ3n) is 2.26. The zero-order valence-electron chi connectivity index (χ0n) is 9.93. The van der Waals surface area contributed by atoms with Crippen LogP contribution in [-0.2, 0) is 5.75 Å². The molecule has 18 heavy (non-hydrogen) atoms. The number of oxazole rings is 1. The smallest absolute Gasteiger partial charge is 0.416 e. The maximum Gasteiger partial charge on any atom is 0.416 e. The fourth-order valence-corrected chi connectivity index (χ4v) is 2.24. The van der Waals surface area contributed by atoms with Crippen molar-refractivity contribution in [3.63, 3.8) is 0 Å². The average molecular weight is 265 g/mol. The molecule has 0 fully saturated rings. The van der Waals surface area contributed by atoms with Crippen LogP contribution in [-0.4, -0.2) is 17.3 Å². The largest absolute Gasteiger partial charge is 0.494 e. The zero-order valence-corrected chi connectivity index (χ0v) is 10.7. The van der Waals surface area contributed by atoms with Gasteiger partial charge in [-0.3, -0.25) is 4.98 Å². The first-order valence-corrected chi connectivity index (χ1v) is 6.93. The number of H-pyrrole nitrogens is 1. The summed E-state index contributed by atoms with van der Waals surface area (Å²) in [6.45, 7) is 0.702. The molecule has 96 valence electrons. The summed E-state index contributed by atoms with van der Waals surface area (Å²) < 4.78 is 10.5. The standard InChI is InChI=1S/C13H15NO3S/c15-13-14-9-12(17-13)10-18-8-4-7-16-11-5-2-1-3-6-11/h1-3,5-6,9H,4,7-8,10H2,(H,14,15). The van der Waals surface area contributed by atoms with Gasteiger partial charge in [-0.15, -0.1) is 0 Å². The molecule has 1 heterocycles. The van der Waals surface area contributed by atoms with Gasteiger partial charge in [0.2, 0.25) is 0 Å². The van der Waals surface area contributed by atoms with E-state index in [0.29, 0.717) is 18.1 Å². The summed E-state index contributed by atoms with van der Waals surface area (Å²) in [7, 11) is 0. The van der Waals surface area contributed by atoms with Crippen LogP contribution in [0.4, 0.5) is 0 Å². The molecule has 0 saturated carbocycles. The van der Waals surface area contributed by atoms with Crippen LogP contribution in [0.1, 0.15) is 12.2 Å². The highest BCUT2D eigenvalue weighted by Gasteiger charge is 1.99. The predicted molar refractivity (Wildman–Crippen MR) is 72.0 cm³/mol. The van der Waals surface area contributed by atoms with E-state index in [1.54, 1.807) is 18.0 Å². The Kier molecular flexibility index (Phi) is 4.96. The third kappa shape index (κ3) is 4.33. The molecule has 0 aliphatic carbocycles. The lowest BCUT2D eigenvalue weighted by Gasteiger charge is -2.04. The maximum atomic E-state index is 10.7. The van der Waals surface area contributed by atoms with Gasteiger partial charge in [0.05, 0.1) is 12.4 Å². The van der Waals surface area contributed by atoms with Gasteiger partial charge in [0, 0.05) is 6.20 Å². The molecular weight excluding hydrogens is 250 g/mol. The maximum absolute atomic E-state index is 10.7. The van der Waals surface area contributed by atoms with Gasteiger partial charge in [-0.25, -0.2) is 4.79 Å². The Morgan fingerprint density at radius 1 is 1.28 bits per heavy atom. The Morgan fingerprint density at radius 3 is 2.83 bits per heavy atom. The van der Waals surface area contributed by atoms with Crippen LogP contribution in [0.5, 0.6) is 5.75 Å². The molecule has 0 aliphatic heterocycles. The van der Waals surface area contributed by atoms with Crippen molar-refractivity contribution in [1.82, 2.24) is 4.98 Å². The summed E-state index contributed by atoms with van der Waals surface area (Å²) >= 11 is 1.72. The summed E-state index contributed by atoms with van der Waals surface area (Å²) in [6, 6.07) is 9.77. The van der Waals surface area contributed by atoms with E-state index < -0.39 is 5.76 Å². The lowest BCUT2D eigenvalue weighted by atomic mass is 10.3. The highest BCUT2D eigenvalue weighted by molar-refractivity contribution is 7.98. The number of benzene rings is 1. The molecule has 1 aromatic carbocycles. The molecular formula is C13H15NO3S. The summed E-state index contributed by atoms with van der Waals surface area (Å²) in [4.78, 5) is 13.2. The van der Waals surface area contributed by atoms with Crippen molar-refractivity contribution in [1.29, 1.82) is 0 Å². The van der Waals surface area contributed by atoms with Crippen molar-refractivity contribution in [3.8, 4) is 5.75 Å². The summed E-state index contributed by atoms with van der Waals surface area (Å²) in [5.74, 6) is 2.89. The minimum absolute atomic E-state index is 0.391. The molecule has 4 nitrogen and oxygen atoms in total. The minimum atomic E-state index is -0.391. The van der Waals surface area contributed by atoms with Crippen molar-refractivity contribution in [2.24, 2.45) is 0 Å². The monoisotopic (exact) mass is 265 g/mol. The quantitative estimate of drug-likeness (QED) is 0.782. The Morgan fingerprint density at radius 2 is 2.11 bits per heavy atom. The van der Waals surface area contributed by atoms with Crippen LogP contribution in [0.15, 0.2) is 45.7 Å². The van der Waals surface area contributed by atoms with E-state index in [0.717, 1.165) is 17.9 Å². The molecule has 0 amide bonds. The van der Waals surface area contributed by atoms with Crippen LogP contribution in [0.3, 0.4) is 0 Å². The van der Waals surface area contributed by atoms with Gasteiger partial charge < -0.3 is 9.15 Å². The number of ether oxygens (including phenoxy) is 1. The molecule has 5 heteroatoms. The van der Waals surface area contributed by atoms with E-state index in [-0.39, 0.29) is 0 Å². The van der Waals surface area contributed by atoms with Crippen LogP contribution in [0.2, 0.25) is 0 Å². The average Bonchev–Trinajstić information content (AvgIpc) is 2.81. The lowest BCUT2D eigenvalue weighted by Crippen LogP contribution is -1.98. The van der Waals surface area contributed by atoms with Gasteiger partial charge in [0.15, 0.2) is 0 Å². The molecule has 0 atom stereocenters. The molecule has 2 rings (SSSR count). The topological polar surface area (TPSA) is 55.2 Å². The number of thioether (sulfide) groups is 1. The lowest BCUT2D eigenvalue weighted by molar-refractivity contribution is 0.318. The second kappa shape index (κ2) is 6.96. The van der Waals surface area contributed by atoms with E-state index >= 15 is 0 Å². The summed E-state index contributed by atoms with van der Waals surface area (Å²) in [6.07, 6.45) is 2.57. The van der Waals surface area contributed by atoms with Crippen LogP contribution >= 0.6 is 11.8 Å². The van der Waals surface area contributed by atoms with Crippen molar-refractivity contribution in [3.05, 3.63) is 52.8 Å². The van der Waals surface area contributed by atoms with Crippen LogP contribution < -0.4 is 10.5 Å². The van der Waals surface area contributed by atoms with Gasteiger partial charge >= 0.3 is 5.76 Å². The van der Waals surface area contributed by atoms with Gasteiger partial charge in [-0.1, -0.05) is 18.2 Å². The predicted octanol–water partition coefficient (Wildman–Crippen LogP) is 2.67. The molecule has 0 saturated heterocycles. The number of aromatic amines is 1. The van der Waals surface area contributed by atoms with Gasteiger partial charge in [-0.2, -0.15) is 11.8 Å². The SMILES string of the molecule is O=c1[nH]cc(CSCCCOc2ccccc2)o1. The molecule has 0 bridgehead atoms. The number of hydrogen-bond acceptors (Lipinski definition) is 4. The Bertz CT molecular complexity index is 506. The van der Waals surface area contributed by atoms with E-state index in [9.17, 15) is 4.79 Å². The summed E-state index contributed by atoms with van der Waals surface area (Å²) in [5, 5.41) is 0. The van der Waals surface area contributed by atoms with Gasteiger partial charge in [-0.05, 0) is 24.3 Å². The van der Waals surface area contributed by atoms with E-state index in [4.69, 9.17) is 9.15 Å². The summed E-state index contributed by atoms with van der Waals surface area (Å²) in [5.41, 5.74) is 0. The second-order valence-electron chi connectivity index (χ2n) is 3.71. The van der Waals surface area contributed by atoms with Crippen molar-refractivity contribution in [2.75, 3.05) is 12.4 Å². The highest BCUT2D eigenvalue weighted by Crippen LogP contribution is 2.12. The normalized spacial score (nSPS) is 10.4. The number of nitrogens with one attached hydrogen (secondary N) is 1. The first kappa shape index (κ1) is 12.8. The molecule has 1 N–H and O–H groups in total. The molecule has 0 spiro atoms. The molecule has 1 aromatic heterocycles. The molecule has 0 aliphatic rings. The minimum Gasteiger partial charge on any atom is -0.494 e. The van der Waals surface area contributed by atoms with E-state index in [1.165, 1.54) is 0 Å². The third-order valence-corrected chi connectivity index (χ3v) is 3.33. The number of para-hydroxylation sites is 1. The number of hydrogen-bond donors (Lipinski definition) is 1. The van der Waals surface area contributed by atoms with Crippen LogP contribution in [0, 0.1) is 0 Å². The second-order valence-corrected chi connectivity index (χ2v) is 4.82. The highest BCUT2D eigenvalue weighted by atomic mass is 32.2. The Hall–Kier alpha value is -1.62. The van der Waals surface area contributed by atoms with Gasteiger partial charge in [0.1, 0.15) is 11.5 Å². The van der Waals surface area contributed by atoms with E-state index in [1.807, 2.05) is 30.3 Å².